The van der Waals surface area contributed by atoms with Crippen LogP contribution in [-0.4, -0.2) is 30.4 Å². The van der Waals surface area contributed by atoms with E-state index >= 15 is 0 Å². The molecule has 0 saturated heterocycles. The first-order valence-electron chi connectivity index (χ1n) is 3.56. The maximum atomic E-state index is 11.5. The lowest BCUT2D eigenvalue weighted by Gasteiger charge is -2.06. The molecule has 0 bridgehead atoms. The summed E-state index contributed by atoms with van der Waals surface area (Å²) in [4.78, 5) is 0. The first kappa shape index (κ1) is 12.0. The minimum absolute atomic E-state index is 0.0198. The summed E-state index contributed by atoms with van der Waals surface area (Å²) in [6, 6.07) is 0. The second-order valence-electron chi connectivity index (χ2n) is 2.32. The Labute approximate surface area is 73.2 Å². The predicted octanol–water partition coefficient (Wildman–Crippen LogP) is 1.09. The summed E-state index contributed by atoms with van der Waals surface area (Å²) in [5, 5.41) is 10.7. The van der Waals surface area contributed by atoms with Gasteiger partial charge >= 0.3 is 6.18 Å². The molecule has 0 unspecified atom stereocenters. The molecule has 0 amide bonds. The van der Waals surface area contributed by atoms with Crippen molar-refractivity contribution in [2.75, 3.05) is 13.2 Å². The summed E-state index contributed by atoms with van der Waals surface area (Å²) in [5.74, 6) is -0.0630. The van der Waals surface area contributed by atoms with Gasteiger partial charge < -0.3 is 15.7 Å². The van der Waals surface area contributed by atoms with Gasteiger partial charge in [0.2, 0.25) is 0 Å². The van der Waals surface area contributed by atoms with Gasteiger partial charge in [0, 0.05) is 6.42 Å². The Morgan fingerprint density at radius 2 is 2.00 bits per heavy atom. The van der Waals surface area contributed by atoms with Crippen LogP contribution >= 0.6 is 0 Å². The van der Waals surface area contributed by atoms with Crippen molar-refractivity contribution in [3.05, 3.63) is 0 Å². The van der Waals surface area contributed by atoms with E-state index in [1.54, 1.807) is 0 Å². The van der Waals surface area contributed by atoms with Crippen molar-refractivity contribution in [2.45, 2.75) is 19.0 Å². The van der Waals surface area contributed by atoms with Gasteiger partial charge in [-0.2, -0.15) is 13.2 Å². The zero-order valence-corrected chi connectivity index (χ0v) is 6.84. The standard InChI is InChI=1S/C6H11F3N2O2/c7-6(8,9)2-4-13-3-1-5(10)11-12/h12H,1-4H2,(H2,10,11). The maximum Gasteiger partial charge on any atom is 0.391 e. The Morgan fingerprint density at radius 3 is 2.46 bits per heavy atom. The molecule has 0 aromatic heterocycles. The third kappa shape index (κ3) is 8.93. The number of hydrogen-bond acceptors (Lipinski definition) is 3. The molecule has 0 saturated carbocycles. The third-order valence-corrected chi connectivity index (χ3v) is 1.16. The number of nitrogens with two attached hydrogens (primary N) is 1. The van der Waals surface area contributed by atoms with Gasteiger partial charge in [0.25, 0.3) is 0 Å². The molecular formula is C6H11F3N2O2. The van der Waals surface area contributed by atoms with Gasteiger partial charge in [-0.1, -0.05) is 5.16 Å². The quantitative estimate of drug-likeness (QED) is 0.229. The average molecular weight is 200 g/mol. The molecule has 3 N–H and O–H groups in total. The largest absolute Gasteiger partial charge is 0.409 e. The molecule has 78 valence electrons. The van der Waals surface area contributed by atoms with Crippen LogP contribution in [0.5, 0.6) is 0 Å². The number of ether oxygens (including phenoxy) is 1. The molecule has 0 spiro atoms. The molecule has 13 heavy (non-hydrogen) atoms. The zero-order valence-electron chi connectivity index (χ0n) is 6.84. The van der Waals surface area contributed by atoms with Gasteiger partial charge in [0.1, 0.15) is 5.84 Å². The van der Waals surface area contributed by atoms with Crippen molar-refractivity contribution < 1.29 is 23.1 Å². The number of hydrogen-bond donors (Lipinski definition) is 2. The van der Waals surface area contributed by atoms with Crippen LogP contribution in [-0.2, 0) is 4.74 Å². The van der Waals surface area contributed by atoms with Crippen molar-refractivity contribution in [3.63, 3.8) is 0 Å². The molecule has 4 nitrogen and oxygen atoms in total. The molecular weight excluding hydrogens is 189 g/mol. The Balaban J connectivity index is 3.28. The third-order valence-electron chi connectivity index (χ3n) is 1.16. The van der Waals surface area contributed by atoms with E-state index in [4.69, 9.17) is 10.9 Å². The highest BCUT2D eigenvalue weighted by Crippen LogP contribution is 2.18. The molecule has 7 heteroatoms. The Morgan fingerprint density at radius 1 is 1.38 bits per heavy atom. The Hall–Kier alpha value is -0.980. The number of nitrogens with zero attached hydrogens (tertiary/aromatic N) is 1. The van der Waals surface area contributed by atoms with E-state index in [0.717, 1.165) is 0 Å². The summed E-state index contributed by atoms with van der Waals surface area (Å²) in [7, 11) is 0. The van der Waals surface area contributed by atoms with E-state index in [9.17, 15) is 13.2 Å². The number of oxime groups is 1. The van der Waals surface area contributed by atoms with Crippen molar-refractivity contribution in [3.8, 4) is 0 Å². The van der Waals surface area contributed by atoms with E-state index in [0.29, 0.717) is 0 Å². The smallest absolute Gasteiger partial charge is 0.391 e. The highest BCUT2D eigenvalue weighted by Gasteiger charge is 2.26. The van der Waals surface area contributed by atoms with Crippen molar-refractivity contribution in [1.29, 1.82) is 0 Å². The topological polar surface area (TPSA) is 67.8 Å². The first-order valence-corrected chi connectivity index (χ1v) is 3.56. The second kappa shape index (κ2) is 5.63. The molecule has 0 aliphatic carbocycles. The number of halogens is 3. The lowest BCUT2D eigenvalue weighted by Crippen LogP contribution is -2.16. The highest BCUT2D eigenvalue weighted by atomic mass is 19.4. The van der Waals surface area contributed by atoms with E-state index in [1.807, 2.05) is 0 Å². The minimum Gasteiger partial charge on any atom is -0.409 e. The first-order chi connectivity index (χ1) is 5.95. The van der Waals surface area contributed by atoms with Crippen LogP contribution in [0.25, 0.3) is 0 Å². The number of alkyl halides is 3. The van der Waals surface area contributed by atoms with E-state index in [1.165, 1.54) is 0 Å². The van der Waals surface area contributed by atoms with Crippen LogP contribution in [0.15, 0.2) is 5.16 Å². The van der Waals surface area contributed by atoms with E-state index in [-0.39, 0.29) is 18.9 Å². The summed E-state index contributed by atoms with van der Waals surface area (Å²) in [6.07, 6.45) is -5.06. The van der Waals surface area contributed by atoms with Gasteiger partial charge in [-0.3, -0.25) is 0 Å². The van der Waals surface area contributed by atoms with Gasteiger partial charge in [-0.15, -0.1) is 0 Å². The van der Waals surface area contributed by atoms with Crippen LogP contribution in [0.4, 0.5) is 13.2 Å². The van der Waals surface area contributed by atoms with Gasteiger partial charge in [-0.25, -0.2) is 0 Å². The van der Waals surface area contributed by atoms with Gasteiger partial charge in [0.05, 0.1) is 19.6 Å². The SMILES string of the molecule is NC(CCOCCC(F)(F)F)=NO. The summed E-state index contributed by atoms with van der Waals surface area (Å²) >= 11 is 0. The van der Waals surface area contributed by atoms with Gasteiger partial charge in [0.15, 0.2) is 0 Å². The number of rotatable bonds is 5. The Kier molecular flexibility index (Phi) is 5.20. The van der Waals surface area contributed by atoms with Crippen LogP contribution in [0.1, 0.15) is 12.8 Å². The van der Waals surface area contributed by atoms with Crippen LogP contribution in [0, 0.1) is 0 Å². The molecule has 0 radical (unpaired) electrons. The fourth-order valence-corrected chi connectivity index (χ4v) is 0.517. The fourth-order valence-electron chi connectivity index (χ4n) is 0.517. The molecule has 0 atom stereocenters. The van der Waals surface area contributed by atoms with Crippen LogP contribution in [0.3, 0.4) is 0 Å². The molecule has 0 rings (SSSR count). The highest BCUT2D eigenvalue weighted by molar-refractivity contribution is 5.79. The molecule has 0 heterocycles. The molecule has 0 aliphatic heterocycles. The fraction of sp³-hybridized carbons (Fsp3) is 0.833. The van der Waals surface area contributed by atoms with Crippen LogP contribution in [0.2, 0.25) is 0 Å². The van der Waals surface area contributed by atoms with Crippen LogP contribution < -0.4 is 5.73 Å². The summed E-state index contributed by atoms with van der Waals surface area (Å²) < 4.78 is 39.2. The zero-order chi connectivity index (χ0) is 10.3. The number of amidine groups is 1. The minimum atomic E-state index is -4.20. The molecule has 0 aromatic carbocycles. The average Bonchev–Trinajstić information content (AvgIpc) is 2.01. The van der Waals surface area contributed by atoms with Gasteiger partial charge in [-0.05, 0) is 0 Å². The molecule has 0 aromatic rings. The van der Waals surface area contributed by atoms with E-state index < -0.39 is 19.2 Å². The van der Waals surface area contributed by atoms with E-state index in [2.05, 4.69) is 9.89 Å². The van der Waals surface area contributed by atoms with Crippen molar-refractivity contribution in [1.82, 2.24) is 0 Å². The maximum absolute atomic E-state index is 11.5. The Bertz CT molecular complexity index is 170. The molecule has 0 fully saturated rings. The summed E-state index contributed by atoms with van der Waals surface area (Å²) in [6.45, 7) is -0.381. The van der Waals surface area contributed by atoms with Crippen molar-refractivity contribution >= 4 is 5.84 Å². The molecule has 0 aliphatic rings. The predicted molar refractivity (Wildman–Crippen MR) is 39.5 cm³/mol. The van der Waals surface area contributed by atoms with Crippen molar-refractivity contribution in [2.24, 2.45) is 10.9 Å². The lowest BCUT2D eigenvalue weighted by atomic mass is 10.4. The monoisotopic (exact) mass is 200 g/mol. The lowest BCUT2D eigenvalue weighted by molar-refractivity contribution is -0.144. The summed E-state index contributed by atoms with van der Waals surface area (Å²) in [5.41, 5.74) is 5.04. The second-order valence-corrected chi connectivity index (χ2v) is 2.32. The normalized spacial score (nSPS) is 13.3.